The largest absolute Gasteiger partial charge is 0.489 e. The van der Waals surface area contributed by atoms with Crippen molar-refractivity contribution in [3.63, 3.8) is 0 Å². The summed E-state index contributed by atoms with van der Waals surface area (Å²) in [6.45, 7) is 1.83. The predicted octanol–water partition coefficient (Wildman–Crippen LogP) is 4.15. The summed E-state index contributed by atoms with van der Waals surface area (Å²) in [4.78, 5) is 14.6. The van der Waals surface area contributed by atoms with Crippen molar-refractivity contribution in [2.45, 2.75) is 13.2 Å². The van der Waals surface area contributed by atoms with Crippen molar-refractivity contribution in [1.82, 2.24) is 4.90 Å². The average molecular weight is 365 g/mol. The topological polar surface area (TPSA) is 51.9 Å². The lowest BCUT2D eigenvalue weighted by Gasteiger charge is -2.21. The molecule has 0 aliphatic heterocycles. The minimum atomic E-state index is -0.0565. The van der Waals surface area contributed by atoms with Crippen LogP contribution in [0.15, 0.2) is 77.4 Å². The molecule has 1 heterocycles. The van der Waals surface area contributed by atoms with Crippen LogP contribution >= 0.6 is 0 Å². The SMILES string of the molecule is COCCN(Cc1ccco1)C(=O)c1ccc(COc2ccccc2)cc1. The second-order valence-corrected chi connectivity index (χ2v) is 6.10. The summed E-state index contributed by atoms with van der Waals surface area (Å²) in [6, 6.07) is 20.8. The predicted molar refractivity (Wildman–Crippen MR) is 103 cm³/mol. The number of para-hydroxylation sites is 1. The molecule has 2 aromatic carbocycles. The second kappa shape index (κ2) is 9.59. The van der Waals surface area contributed by atoms with Crippen LogP contribution in [0.4, 0.5) is 0 Å². The van der Waals surface area contributed by atoms with E-state index in [1.54, 1.807) is 18.3 Å². The third-order valence-corrected chi connectivity index (χ3v) is 4.13. The number of methoxy groups -OCH3 is 1. The third-order valence-electron chi connectivity index (χ3n) is 4.13. The quantitative estimate of drug-likeness (QED) is 0.572. The summed E-state index contributed by atoms with van der Waals surface area (Å²) < 4.78 is 16.2. The fourth-order valence-electron chi connectivity index (χ4n) is 2.65. The molecule has 0 radical (unpaired) electrons. The van der Waals surface area contributed by atoms with E-state index in [4.69, 9.17) is 13.9 Å². The Balaban J connectivity index is 1.63. The Morgan fingerprint density at radius 1 is 1.00 bits per heavy atom. The number of hydrogen-bond donors (Lipinski definition) is 0. The number of furan rings is 1. The van der Waals surface area contributed by atoms with Crippen LogP contribution < -0.4 is 4.74 Å². The average Bonchev–Trinajstić information content (AvgIpc) is 3.23. The number of hydrogen-bond acceptors (Lipinski definition) is 4. The summed E-state index contributed by atoms with van der Waals surface area (Å²) >= 11 is 0. The molecule has 0 aliphatic carbocycles. The molecule has 27 heavy (non-hydrogen) atoms. The summed E-state index contributed by atoms with van der Waals surface area (Å²) in [5.74, 6) is 1.51. The zero-order valence-electron chi connectivity index (χ0n) is 15.3. The molecular formula is C22H23NO4. The van der Waals surface area contributed by atoms with Gasteiger partial charge in [-0.2, -0.15) is 0 Å². The first kappa shape index (κ1) is 18.7. The molecule has 0 unspecified atom stereocenters. The van der Waals surface area contributed by atoms with Gasteiger partial charge in [-0.05, 0) is 42.0 Å². The maximum absolute atomic E-state index is 12.9. The van der Waals surface area contributed by atoms with Crippen LogP contribution in [-0.4, -0.2) is 31.1 Å². The van der Waals surface area contributed by atoms with E-state index in [1.165, 1.54) is 0 Å². The maximum atomic E-state index is 12.9. The molecular weight excluding hydrogens is 342 g/mol. The Hall–Kier alpha value is -3.05. The molecule has 0 fully saturated rings. The van der Waals surface area contributed by atoms with Crippen LogP contribution in [0.2, 0.25) is 0 Å². The van der Waals surface area contributed by atoms with Crippen LogP contribution in [0.1, 0.15) is 21.7 Å². The van der Waals surface area contributed by atoms with Crippen molar-refractivity contribution in [3.8, 4) is 5.75 Å². The molecule has 0 bridgehead atoms. The first-order valence-electron chi connectivity index (χ1n) is 8.83. The minimum Gasteiger partial charge on any atom is -0.489 e. The fourth-order valence-corrected chi connectivity index (χ4v) is 2.65. The second-order valence-electron chi connectivity index (χ2n) is 6.10. The standard InChI is InChI=1S/C22H23NO4/c1-25-15-13-23(16-21-8-5-14-26-21)22(24)19-11-9-18(10-12-19)17-27-20-6-3-2-4-7-20/h2-12,14H,13,15-17H2,1H3. The lowest BCUT2D eigenvalue weighted by molar-refractivity contribution is 0.0666. The number of amides is 1. The minimum absolute atomic E-state index is 0.0565. The summed E-state index contributed by atoms with van der Waals surface area (Å²) in [5, 5.41) is 0. The molecule has 3 rings (SSSR count). The van der Waals surface area contributed by atoms with E-state index in [0.29, 0.717) is 31.9 Å². The van der Waals surface area contributed by atoms with Gasteiger partial charge >= 0.3 is 0 Å². The van der Waals surface area contributed by atoms with Crippen molar-refractivity contribution in [1.29, 1.82) is 0 Å². The van der Waals surface area contributed by atoms with Gasteiger partial charge in [0.15, 0.2) is 0 Å². The van der Waals surface area contributed by atoms with E-state index in [-0.39, 0.29) is 5.91 Å². The van der Waals surface area contributed by atoms with Gasteiger partial charge in [-0.1, -0.05) is 30.3 Å². The van der Waals surface area contributed by atoms with Crippen molar-refractivity contribution in [3.05, 3.63) is 89.9 Å². The number of benzene rings is 2. The van der Waals surface area contributed by atoms with Gasteiger partial charge in [-0.25, -0.2) is 0 Å². The van der Waals surface area contributed by atoms with Crippen molar-refractivity contribution >= 4 is 5.91 Å². The van der Waals surface area contributed by atoms with Crippen molar-refractivity contribution < 1.29 is 18.7 Å². The van der Waals surface area contributed by atoms with Gasteiger partial charge in [0.25, 0.3) is 5.91 Å². The Kier molecular flexibility index (Phi) is 6.66. The summed E-state index contributed by atoms with van der Waals surface area (Å²) in [6.07, 6.45) is 1.61. The number of nitrogens with zero attached hydrogens (tertiary/aromatic N) is 1. The molecule has 1 aromatic heterocycles. The highest BCUT2D eigenvalue weighted by Gasteiger charge is 2.17. The molecule has 0 aliphatic rings. The highest BCUT2D eigenvalue weighted by molar-refractivity contribution is 5.94. The van der Waals surface area contributed by atoms with Crippen molar-refractivity contribution in [2.24, 2.45) is 0 Å². The van der Waals surface area contributed by atoms with E-state index >= 15 is 0 Å². The van der Waals surface area contributed by atoms with Crippen LogP contribution in [0.3, 0.4) is 0 Å². The van der Waals surface area contributed by atoms with E-state index < -0.39 is 0 Å². The van der Waals surface area contributed by atoms with Gasteiger partial charge in [0.05, 0.1) is 19.4 Å². The molecule has 140 valence electrons. The number of rotatable bonds is 9. The molecule has 5 heteroatoms. The zero-order valence-corrected chi connectivity index (χ0v) is 15.3. The Labute approximate surface area is 159 Å². The molecule has 3 aromatic rings. The third kappa shape index (κ3) is 5.46. The number of ether oxygens (including phenoxy) is 2. The smallest absolute Gasteiger partial charge is 0.254 e. The zero-order chi connectivity index (χ0) is 18.9. The van der Waals surface area contributed by atoms with E-state index in [1.807, 2.05) is 66.7 Å². The summed E-state index contributed by atoms with van der Waals surface area (Å²) in [7, 11) is 1.62. The van der Waals surface area contributed by atoms with Gasteiger partial charge in [0, 0.05) is 19.2 Å². The van der Waals surface area contributed by atoms with Crippen LogP contribution in [0.5, 0.6) is 5.75 Å². The lowest BCUT2D eigenvalue weighted by Crippen LogP contribution is -2.33. The van der Waals surface area contributed by atoms with Gasteiger partial charge in [0.2, 0.25) is 0 Å². The fraction of sp³-hybridized carbons (Fsp3) is 0.227. The van der Waals surface area contributed by atoms with Crippen LogP contribution in [-0.2, 0) is 17.9 Å². The molecule has 0 N–H and O–H groups in total. The molecule has 0 spiro atoms. The monoisotopic (exact) mass is 365 g/mol. The van der Waals surface area contributed by atoms with Crippen LogP contribution in [0, 0.1) is 0 Å². The Bertz CT molecular complexity index is 813. The molecule has 0 saturated heterocycles. The highest BCUT2D eigenvalue weighted by Crippen LogP contribution is 2.14. The van der Waals surface area contributed by atoms with Gasteiger partial charge < -0.3 is 18.8 Å². The normalized spacial score (nSPS) is 10.6. The lowest BCUT2D eigenvalue weighted by atomic mass is 10.1. The summed E-state index contributed by atoms with van der Waals surface area (Å²) in [5.41, 5.74) is 1.63. The Morgan fingerprint density at radius 2 is 1.78 bits per heavy atom. The number of carbonyl (C=O) groups excluding carboxylic acids is 1. The molecule has 0 saturated carbocycles. The number of carbonyl (C=O) groups is 1. The highest BCUT2D eigenvalue weighted by atomic mass is 16.5. The molecule has 1 amide bonds. The van der Waals surface area contributed by atoms with E-state index in [2.05, 4.69) is 0 Å². The first-order valence-corrected chi connectivity index (χ1v) is 8.83. The molecule has 0 atom stereocenters. The van der Waals surface area contributed by atoms with Gasteiger partial charge in [-0.15, -0.1) is 0 Å². The molecule has 5 nitrogen and oxygen atoms in total. The van der Waals surface area contributed by atoms with Gasteiger partial charge in [0.1, 0.15) is 18.1 Å². The van der Waals surface area contributed by atoms with E-state index in [9.17, 15) is 4.79 Å². The van der Waals surface area contributed by atoms with Gasteiger partial charge in [-0.3, -0.25) is 4.79 Å². The maximum Gasteiger partial charge on any atom is 0.254 e. The van der Waals surface area contributed by atoms with E-state index in [0.717, 1.165) is 17.1 Å². The van der Waals surface area contributed by atoms with Crippen LogP contribution in [0.25, 0.3) is 0 Å². The first-order chi connectivity index (χ1) is 13.3. The Morgan fingerprint density at radius 3 is 2.44 bits per heavy atom. The van der Waals surface area contributed by atoms with Crippen molar-refractivity contribution in [2.75, 3.05) is 20.3 Å².